The minimum atomic E-state index is -0.0916. The molecule has 0 spiro atoms. The van der Waals surface area contributed by atoms with Gasteiger partial charge in [-0.25, -0.2) is 4.68 Å². The van der Waals surface area contributed by atoms with Gasteiger partial charge < -0.3 is 5.73 Å². The summed E-state index contributed by atoms with van der Waals surface area (Å²) in [6, 6.07) is 7.94. The van der Waals surface area contributed by atoms with E-state index in [4.69, 9.17) is 5.73 Å². The average molecular weight is 338 g/mol. The smallest absolute Gasteiger partial charge is 0.290 e. The van der Waals surface area contributed by atoms with Crippen molar-refractivity contribution < 1.29 is 0 Å². The molecule has 2 rings (SSSR count). The lowest BCUT2D eigenvalue weighted by Crippen LogP contribution is -2.25. The van der Waals surface area contributed by atoms with E-state index in [0.29, 0.717) is 12.2 Å². The van der Waals surface area contributed by atoms with Crippen LogP contribution in [0, 0.1) is 0 Å². The number of anilines is 1. The van der Waals surface area contributed by atoms with E-state index in [0.717, 1.165) is 35.1 Å². The van der Waals surface area contributed by atoms with Gasteiger partial charge in [-0.15, -0.1) is 0 Å². The van der Waals surface area contributed by atoms with Crippen molar-refractivity contribution in [3.05, 3.63) is 50.3 Å². The molecule has 1 aromatic carbocycles. The van der Waals surface area contributed by atoms with Gasteiger partial charge in [-0.2, -0.15) is 0 Å². The second-order valence-corrected chi connectivity index (χ2v) is 5.65. The molecular weight excluding hydrogens is 318 g/mol. The van der Waals surface area contributed by atoms with E-state index in [1.165, 1.54) is 0 Å². The van der Waals surface area contributed by atoms with Crippen LogP contribution >= 0.6 is 15.9 Å². The quantitative estimate of drug-likeness (QED) is 0.911. The van der Waals surface area contributed by atoms with Gasteiger partial charge in [0.05, 0.1) is 12.2 Å². The molecule has 0 aliphatic carbocycles. The molecule has 0 bridgehead atoms. The molecule has 1 heterocycles. The number of nitrogens with two attached hydrogens (primary N) is 1. The van der Waals surface area contributed by atoms with Crippen LogP contribution in [0.5, 0.6) is 0 Å². The molecule has 0 amide bonds. The first-order chi connectivity index (χ1) is 9.60. The largest absolute Gasteiger partial charge is 0.393 e. The Labute approximate surface area is 127 Å². The SMILES string of the molecule is CCCn1c(CC)c(N)c(=O)n1Cc1ccccc1Br. The van der Waals surface area contributed by atoms with Gasteiger partial charge in [0.15, 0.2) is 0 Å². The fourth-order valence-electron chi connectivity index (χ4n) is 2.44. The highest BCUT2D eigenvalue weighted by atomic mass is 79.9. The zero-order chi connectivity index (χ0) is 14.7. The molecule has 0 atom stereocenters. The molecule has 0 aliphatic rings. The van der Waals surface area contributed by atoms with Crippen LogP contribution in [0.1, 0.15) is 31.5 Å². The summed E-state index contributed by atoms with van der Waals surface area (Å²) in [5, 5.41) is 0. The fraction of sp³-hybridized carbons (Fsp3) is 0.400. The summed E-state index contributed by atoms with van der Waals surface area (Å²) in [5.41, 5.74) is 8.27. The highest BCUT2D eigenvalue weighted by Crippen LogP contribution is 2.18. The predicted octanol–water partition coefficient (Wildman–Crippen LogP) is 3.02. The normalized spacial score (nSPS) is 10.9. The van der Waals surface area contributed by atoms with Gasteiger partial charge in [-0.3, -0.25) is 9.48 Å². The topological polar surface area (TPSA) is 52.9 Å². The van der Waals surface area contributed by atoms with Crippen LogP contribution in [0.3, 0.4) is 0 Å². The Hall–Kier alpha value is -1.49. The monoisotopic (exact) mass is 337 g/mol. The summed E-state index contributed by atoms with van der Waals surface area (Å²) in [5.74, 6) is 0. The first-order valence-corrected chi connectivity index (χ1v) is 7.70. The summed E-state index contributed by atoms with van der Waals surface area (Å²) in [6.45, 7) is 5.47. The Bertz CT molecular complexity index is 658. The van der Waals surface area contributed by atoms with Gasteiger partial charge >= 0.3 is 0 Å². The number of hydrogen-bond acceptors (Lipinski definition) is 2. The van der Waals surface area contributed by atoms with Gasteiger partial charge in [0.2, 0.25) is 0 Å². The zero-order valence-electron chi connectivity index (χ0n) is 11.9. The number of benzene rings is 1. The van der Waals surface area contributed by atoms with E-state index in [2.05, 4.69) is 22.9 Å². The van der Waals surface area contributed by atoms with Crippen molar-refractivity contribution in [1.82, 2.24) is 9.36 Å². The minimum absolute atomic E-state index is 0.0916. The summed E-state index contributed by atoms with van der Waals surface area (Å²) in [6.07, 6.45) is 1.74. The Balaban J connectivity index is 2.51. The lowest BCUT2D eigenvalue weighted by molar-refractivity contribution is 0.451. The van der Waals surface area contributed by atoms with Crippen LogP contribution in [0.2, 0.25) is 0 Å². The number of rotatable bonds is 5. The third-order valence-electron chi connectivity index (χ3n) is 3.43. The summed E-state index contributed by atoms with van der Waals surface area (Å²) < 4.78 is 4.78. The van der Waals surface area contributed by atoms with Crippen molar-refractivity contribution >= 4 is 21.6 Å². The summed E-state index contributed by atoms with van der Waals surface area (Å²) in [7, 11) is 0. The van der Waals surface area contributed by atoms with Crippen LogP contribution < -0.4 is 11.3 Å². The summed E-state index contributed by atoms with van der Waals surface area (Å²) >= 11 is 3.53. The molecule has 108 valence electrons. The van der Waals surface area contributed by atoms with Crippen molar-refractivity contribution in [2.75, 3.05) is 5.73 Å². The van der Waals surface area contributed by atoms with Crippen molar-refractivity contribution in [1.29, 1.82) is 0 Å². The summed E-state index contributed by atoms with van der Waals surface area (Å²) in [4.78, 5) is 12.4. The van der Waals surface area contributed by atoms with Gasteiger partial charge in [0.25, 0.3) is 5.56 Å². The van der Waals surface area contributed by atoms with E-state index in [1.807, 2.05) is 35.9 Å². The molecular formula is C15H20BrN3O. The lowest BCUT2D eigenvalue weighted by atomic mass is 10.2. The molecule has 4 nitrogen and oxygen atoms in total. The van der Waals surface area contributed by atoms with Crippen LogP contribution in [-0.4, -0.2) is 9.36 Å². The second-order valence-electron chi connectivity index (χ2n) is 4.79. The predicted molar refractivity (Wildman–Crippen MR) is 86.0 cm³/mol. The highest BCUT2D eigenvalue weighted by Gasteiger charge is 2.16. The van der Waals surface area contributed by atoms with E-state index < -0.39 is 0 Å². The minimum Gasteiger partial charge on any atom is -0.393 e. The number of aromatic nitrogens is 2. The molecule has 0 fully saturated rings. The maximum absolute atomic E-state index is 12.4. The van der Waals surface area contributed by atoms with Crippen molar-refractivity contribution in [2.45, 2.75) is 39.8 Å². The Morgan fingerprint density at radius 2 is 1.90 bits per heavy atom. The van der Waals surface area contributed by atoms with E-state index >= 15 is 0 Å². The maximum atomic E-state index is 12.4. The molecule has 0 saturated heterocycles. The molecule has 20 heavy (non-hydrogen) atoms. The molecule has 1 aromatic heterocycles. The van der Waals surface area contributed by atoms with Crippen LogP contribution in [0.15, 0.2) is 33.5 Å². The van der Waals surface area contributed by atoms with E-state index in [9.17, 15) is 4.79 Å². The van der Waals surface area contributed by atoms with Crippen LogP contribution in [0.4, 0.5) is 5.69 Å². The zero-order valence-corrected chi connectivity index (χ0v) is 13.5. The van der Waals surface area contributed by atoms with Gasteiger partial charge in [-0.05, 0) is 24.5 Å². The van der Waals surface area contributed by atoms with Gasteiger partial charge in [-0.1, -0.05) is 48.0 Å². The third-order valence-corrected chi connectivity index (χ3v) is 4.20. The molecule has 2 aromatic rings. The second kappa shape index (κ2) is 6.31. The first-order valence-electron chi connectivity index (χ1n) is 6.91. The van der Waals surface area contributed by atoms with Gasteiger partial charge in [0, 0.05) is 11.0 Å². The van der Waals surface area contributed by atoms with Crippen LogP contribution in [0.25, 0.3) is 0 Å². The standard InChI is InChI=1S/C15H20BrN3O/c1-3-9-18-13(4-2)14(17)15(20)19(18)10-11-7-5-6-8-12(11)16/h5-8H,3-4,9-10,17H2,1-2H3. The molecule has 5 heteroatoms. The Morgan fingerprint density at radius 1 is 1.20 bits per heavy atom. The lowest BCUT2D eigenvalue weighted by Gasteiger charge is -2.14. The number of nitrogen functional groups attached to an aromatic ring is 1. The third kappa shape index (κ3) is 2.68. The van der Waals surface area contributed by atoms with Crippen LogP contribution in [-0.2, 0) is 19.5 Å². The maximum Gasteiger partial charge on any atom is 0.290 e. The van der Waals surface area contributed by atoms with Gasteiger partial charge in [0.1, 0.15) is 5.69 Å². The average Bonchev–Trinajstić information content (AvgIpc) is 2.66. The number of nitrogens with zero attached hydrogens (tertiary/aromatic N) is 2. The molecule has 0 unspecified atom stereocenters. The first kappa shape index (κ1) is 14.9. The van der Waals surface area contributed by atoms with Crippen molar-refractivity contribution in [3.63, 3.8) is 0 Å². The van der Waals surface area contributed by atoms with Crippen molar-refractivity contribution in [3.8, 4) is 0 Å². The Kier molecular flexibility index (Phi) is 4.70. The molecule has 2 N–H and O–H groups in total. The number of hydrogen-bond donors (Lipinski definition) is 1. The van der Waals surface area contributed by atoms with E-state index in [-0.39, 0.29) is 5.56 Å². The molecule has 0 aliphatic heterocycles. The molecule has 0 radical (unpaired) electrons. The molecule has 0 saturated carbocycles. The van der Waals surface area contributed by atoms with Crippen molar-refractivity contribution in [2.24, 2.45) is 0 Å². The number of halogens is 1. The highest BCUT2D eigenvalue weighted by molar-refractivity contribution is 9.10. The Morgan fingerprint density at radius 3 is 2.50 bits per heavy atom. The fourth-order valence-corrected chi connectivity index (χ4v) is 2.85. The van der Waals surface area contributed by atoms with E-state index in [1.54, 1.807) is 4.68 Å².